The van der Waals surface area contributed by atoms with Gasteiger partial charge in [0.15, 0.2) is 0 Å². The van der Waals surface area contributed by atoms with Crippen LogP contribution in [0.4, 0.5) is 0 Å². The molecular weight excluding hydrogens is 226 g/mol. The van der Waals surface area contributed by atoms with Gasteiger partial charge in [0.2, 0.25) is 0 Å². The maximum atomic E-state index is 10.5. The molecule has 0 spiro atoms. The van der Waals surface area contributed by atoms with Gasteiger partial charge in [0.1, 0.15) is 0 Å². The van der Waals surface area contributed by atoms with Crippen molar-refractivity contribution in [2.45, 2.75) is 0 Å². The Hall–Kier alpha value is 0.459. The molecule has 0 aromatic heterocycles. The van der Waals surface area contributed by atoms with Gasteiger partial charge in [-0.1, -0.05) is 0 Å². The zero-order chi connectivity index (χ0) is 7.84. The summed E-state index contributed by atoms with van der Waals surface area (Å²) in [5.74, 6) is 0. The summed E-state index contributed by atoms with van der Waals surface area (Å²) in [4.78, 5) is 0. The molecule has 8 nitrogen and oxygen atoms in total. The van der Waals surface area contributed by atoms with E-state index in [2.05, 4.69) is 22.9 Å². The molecule has 2 N–H and O–H groups in total. The van der Waals surface area contributed by atoms with Crippen LogP contribution in [0.25, 0.3) is 0 Å². The molecule has 2 aliphatic heterocycles. The first kappa shape index (κ1) is 13.5. The standard InChI is InChI=1S/B4O7.Mn.H2O/c5-1-7-3-9-2(6)10-4(8-1)11-3;;/h;;1H2/q-2;+2;. The van der Waals surface area contributed by atoms with Crippen LogP contribution in [0, 0.1) is 0 Å². The quantitative estimate of drug-likeness (QED) is 0.380. The number of hydrogen-bond donors (Lipinski definition) is 0. The molecule has 0 aromatic carbocycles. The van der Waals surface area contributed by atoms with Crippen molar-refractivity contribution < 1.29 is 55.5 Å². The van der Waals surface area contributed by atoms with E-state index in [0.29, 0.717) is 0 Å². The largest absolute Gasteiger partial charge is 2.00 e. The van der Waals surface area contributed by atoms with Crippen molar-refractivity contribution in [2.75, 3.05) is 0 Å². The number of hydrogen-bond acceptors (Lipinski definition) is 7. The van der Waals surface area contributed by atoms with Crippen molar-refractivity contribution in [1.29, 1.82) is 0 Å². The minimum absolute atomic E-state index is 0. The second kappa shape index (κ2) is 5.37. The van der Waals surface area contributed by atoms with E-state index in [1.54, 1.807) is 0 Å². The molecule has 69 valence electrons. The van der Waals surface area contributed by atoms with Gasteiger partial charge in [-0.3, -0.25) is 0 Å². The Morgan fingerprint density at radius 1 is 0.692 bits per heavy atom. The normalized spacial score (nSPS) is 20.8. The molecule has 13 heteroatoms. The van der Waals surface area contributed by atoms with Gasteiger partial charge in [0, 0.05) is 0 Å². The molecule has 1 radical (unpaired) electrons. The maximum Gasteiger partial charge on any atom is 2.00 e. The molecule has 2 saturated heterocycles. The van der Waals surface area contributed by atoms with E-state index in [1.165, 1.54) is 0 Å². The van der Waals surface area contributed by atoms with Crippen LogP contribution < -0.4 is 10.0 Å². The Labute approximate surface area is 85.3 Å². The third-order valence-corrected chi connectivity index (χ3v) is 1.11. The van der Waals surface area contributed by atoms with E-state index in [9.17, 15) is 10.0 Å². The molecule has 2 bridgehead atoms. The molecule has 0 aliphatic carbocycles. The molecular formula is H2B4MnO8. The first-order chi connectivity index (χ1) is 5.24. The predicted molar refractivity (Wildman–Crippen MR) is 32.1 cm³/mol. The minimum Gasteiger partial charge on any atom is -0.833 e. The summed E-state index contributed by atoms with van der Waals surface area (Å²) in [6.07, 6.45) is 0. The summed E-state index contributed by atoms with van der Waals surface area (Å²) in [5, 5.41) is 21.0. The van der Waals surface area contributed by atoms with E-state index in [0.717, 1.165) is 0 Å². The maximum absolute atomic E-state index is 10.5. The first-order valence-electron chi connectivity index (χ1n) is 2.83. The van der Waals surface area contributed by atoms with Crippen molar-refractivity contribution in [3.8, 4) is 0 Å². The zero-order valence-corrected chi connectivity index (χ0v) is 7.23. The van der Waals surface area contributed by atoms with Gasteiger partial charge in [-0.15, -0.1) is 0 Å². The van der Waals surface area contributed by atoms with Gasteiger partial charge >= 0.3 is 46.4 Å². The van der Waals surface area contributed by atoms with Gasteiger partial charge in [0.25, 0.3) is 0 Å². The second-order valence-corrected chi connectivity index (χ2v) is 1.84. The van der Waals surface area contributed by atoms with Crippen molar-refractivity contribution >= 4 is 29.3 Å². The van der Waals surface area contributed by atoms with Crippen LogP contribution in [0.1, 0.15) is 0 Å². The summed E-state index contributed by atoms with van der Waals surface area (Å²) in [7, 11) is -6.00. The van der Waals surface area contributed by atoms with Crippen LogP contribution in [0.3, 0.4) is 0 Å². The van der Waals surface area contributed by atoms with Crippen LogP contribution in [-0.4, -0.2) is 34.8 Å². The molecule has 2 fully saturated rings. The Balaban J connectivity index is 0.000000720. The molecule has 13 heavy (non-hydrogen) atoms. The second-order valence-electron chi connectivity index (χ2n) is 1.84. The van der Waals surface area contributed by atoms with Gasteiger partial charge in [0.05, 0.1) is 0 Å². The van der Waals surface area contributed by atoms with Crippen LogP contribution in [-0.2, 0) is 39.9 Å². The SMILES string of the molecule is O.[Mn+2].[O-]B1OB2OB([O-])OB(O1)O2. The van der Waals surface area contributed by atoms with Crippen LogP contribution in [0.5, 0.6) is 0 Å². The number of rotatable bonds is 0. The average Bonchev–Trinajstić information content (AvgIpc) is 1.82. The summed E-state index contributed by atoms with van der Waals surface area (Å²) in [5.41, 5.74) is 0. The molecule has 0 amide bonds. The van der Waals surface area contributed by atoms with E-state index < -0.39 is 29.3 Å². The zero-order valence-electron chi connectivity index (χ0n) is 6.05. The van der Waals surface area contributed by atoms with Gasteiger partial charge in [-0.25, -0.2) is 0 Å². The van der Waals surface area contributed by atoms with Gasteiger partial charge in [-0.05, 0) is 0 Å². The molecule has 2 rings (SSSR count). The van der Waals surface area contributed by atoms with Crippen LogP contribution in [0.15, 0.2) is 0 Å². The third kappa shape index (κ3) is 3.26. The molecule has 0 aromatic rings. The van der Waals surface area contributed by atoms with E-state index in [4.69, 9.17) is 0 Å². The Morgan fingerprint density at radius 3 is 1.31 bits per heavy atom. The molecule has 2 aliphatic rings. The predicted octanol–water partition coefficient (Wildman–Crippen LogP) is -5.07. The fraction of sp³-hybridized carbons (Fsp3) is 0. The molecule has 2 heterocycles. The molecule has 0 saturated carbocycles. The first-order valence-corrected chi connectivity index (χ1v) is 2.83. The topological polar surface area (TPSA) is 124 Å². The fourth-order valence-corrected chi connectivity index (χ4v) is 0.710. The molecule has 0 atom stereocenters. The summed E-state index contributed by atoms with van der Waals surface area (Å²) < 4.78 is 21.9. The van der Waals surface area contributed by atoms with Gasteiger partial charge < -0.3 is 38.4 Å². The van der Waals surface area contributed by atoms with E-state index in [1.807, 2.05) is 0 Å². The minimum atomic E-state index is -1.73. The molecule has 0 unspecified atom stereocenters. The average molecular weight is 228 g/mol. The van der Waals surface area contributed by atoms with E-state index >= 15 is 0 Å². The van der Waals surface area contributed by atoms with Crippen molar-refractivity contribution in [2.24, 2.45) is 0 Å². The smallest absolute Gasteiger partial charge is 0.833 e. The Kier molecular flexibility index (Phi) is 5.56. The summed E-state index contributed by atoms with van der Waals surface area (Å²) in [6, 6.07) is 0. The summed E-state index contributed by atoms with van der Waals surface area (Å²) in [6.45, 7) is 0. The third-order valence-electron chi connectivity index (χ3n) is 1.11. The van der Waals surface area contributed by atoms with Crippen molar-refractivity contribution in [3.63, 3.8) is 0 Å². The van der Waals surface area contributed by atoms with Crippen LogP contribution in [0.2, 0.25) is 0 Å². The Bertz CT molecular complexity index is 122. The van der Waals surface area contributed by atoms with Crippen LogP contribution >= 0.6 is 0 Å². The van der Waals surface area contributed by atoms with Gasteiger partial charge in [-0.2, -0.15) is 0 Å². The van der Waals surface area contributed by atoms with Crippen molar-refractivity contribution in [1.82, 2.24) is 0 Å². The van der Waals surface area contributed by atoms with Crippen molar-refractivity contribution in [3.05, 3.63) is 0 Å². The monoisotopic (exact) mass is 229 g/mol. The number of fused-ring (bicyclic) bond motifs is 2. The summed E-state index contributed by atoms with van der Waals surface area (Å²) >= 11 is 0. The van der Waals surface area contributed by atoms with E-state index in [-0.39, 0.29) is 22.5 Å². The Morgan fingerprint density at radius 2 is 1.00 bits per heavy atom. The fourth-order valence-electron chi connectivity index (χ4n) is 0.710.